The van der Waals surface area contributed by atoms with E-state index in [2.05, 4.69) is 26.6 Å². The van der Waals surface area contributed by atoms with Crippen LogP contribution in [0.1, 0.15) is 31.1 Å². The second-order valence-corrected chi connectivity index (χ2v) is 5.93. The molecule has 0 aliphatic carbocycles. The minimum atomic E-state index is -0.220. The Morgan fingerprint density at radius 2 is 1.76 bits per heavy atom. The molecule has 2 amide bonds. The van der Waals surface area contributed by atoms with E-state index in [-0.39, 0.29) is 23.8 Å². The highest BCUT2D eigenvalue weighted by Gasteiger charge is 2.13. The average Bonchev–Trinajstić information content (AvgIpc) is 2.46. The maximum absolute atomic E-state index is 12.1. The molecule has 2 N–H and O–H groups in total. The van der Waals surface area contributed by atoms with Crippen LogP contribution in [0, 0.1) is 5.92 Å². The third-order valence-corrected chi connectivity index (χ3v) is 3.84. The summed E-state index contributed by atoms with van der Waals surface area (Å²) in [4.78, 5) is 23.6. The lowest BCUT2D eigenvalue weighted by molar-refractivity contribution is -0.122. The van der Waals surface area contributed by atoms with Crippen molar-refractivity contribution in [2.24, 2.45) is 5.92 Å². The van der Waals surface area contributed by atoms with E-state index in [0.29, 0.717) is 5.56 Å². The van der Waals surface area contributed by atoms with Crippen molar-refractivity contribution >= 4 is 27.7 Å². The minimum Gasteiger partial charge on any atom is -0.359 e. The molecule has 1 aromatic carbocycles. The molecule has 0 fully saturated rings. The number of carbonyl (C=O) groups excluding carboxylic acids is 2. The minimum absolute atomic E-state index is 0.0409. The molecule has 0 unspecified atom stereocenters. The van der Waals surface area contributed by atoms with Gasteiger partial charge in [0.2, 0.25) is 5.91 Å². The molecule has 0 bridgehead atoms. The molecule has 5 heteroatoms. The van der Waals surface area contributed by atoms with E-state index in [1.54, 1.807) is 19.2 Å². The van der Waals surface area contributed by atoms with Gasteiger partial charge >= 0.3 is 0 Å². The largest absolute Gasteiger partial charge is 0.359 e. The molecule has 0 aromatic heterocycles. The molecule has 1 aromatic rings. The first kappa shape index (κ1) is 17.4. The van der Waals surface area contributed by atoms with Crippen LogP contribution in [0.5, 0.6) is 0 Å². The lowest BCUT2D eigenvalue weighted by Crippen LogP contribution is -2.34. The third-order valence-electron chi connectivity index (χ3n) is 3.31. The van der Waals surface area contributed by atoms with E-state index >= 15 is 0 Å². The number of amides is 2. The monoisotopic (exact) mass is 352 g/mol. The number of halogens is 1. The summed E-state index contributed by atoms with van der Waals surface area (Å²) in [5.41, 5.74) is 1.56. The van der Waals surface area contributed by atoms with Gasteiger partial charge in [0.1, 0.15) is 0 Å². The van der Waals surface area contributed by atoms with Gasteiger partial charge in [-0.15, -0.1) is 0 Å². The topological polar surface area (TPSA) is 58.2 Å². The van der Waals surface area contributed by atoms with Gasteiger partial charge in [-0.05, 0) is 38.1 Å². The van der Waals surface area contributed by atoms with Gasteiger partial charge in [0, 0.05) is 23.1 Å². The average molecular weight is 353 g/mol. The standard InChI is InChI=1S/C16H21BrN2O2/c1-10(9-11(2)15(20)18-4)12(3)19-16(21)13-5-7-14(17)8-6-13/h5-9,11-12H,1-4H3,(H,18,20)(H,19,21)/b10-9+/t11-,12+/m1/s1. The molecular weight excluding hydrogens is 332 g/mol. The molecule has 1 rings (SSSR count). The fraction of sp³-hybridized carbons (Fsp3) is 0.375. The zero-order valence-corrected chi connectivity index (χ0v) is 14.3. The van der Waals surface area contributed by atoms with Gasteiger partial charge in [0.05, 0.1) is 5.92 Å². The molecule has 0 radical (unpaired) electrons. The number of carbonyl (C=O) groups is 2. The first-order valence-electron chi connectivity index (χ1n) is 6.81. The summed E-state index contributed by atoms with van der Waals surface area (Å²) in [6.45, 7) is 5.64. The highest BCUT2D eigenvalue weighted by Crippen LogP contribution is 2.12. The highest BCUT2D eigenvalue weighted by molar-refractivity contribution is 9.10. The number of hydrogen-bond acceptors (Lipinski definition) is 2. The predicted octanol–water partition coefficient (Wildman–Crippen LogP) is 2.90. The van der Waals surface area contributed by atoms with Crippen LogP contribution in [0.15, 0.2) is 40.4 Å². The molecular formula is C16H21BrN2O2. The van der Waals surface area contributed by atoms with E-state index < -0.39 is 0 Å². The van der Waals surface area contributed by atoms with E-state index in [1.807, 2.05) is 39.0 Å². The number of nitrogens with one attached hydrogen (secondary N) is 2. The quantitative estimate of drug-likeness (QED) is 0.800. The molecule has 0 saturated heterocycles. The Morgan fingerprint density at radius 1 is 1.19 bits per heavy atom. The van der Waals surface area contributed by atoms with Crippen molar-refractivity contribution in [2.75, 3.05) is 7.05 Å². The summed E-state index contributed by atoms with van der Waals surface area (Å²) in [6.07, 6.45) is 1.87. The Balaban J connectivity index is 2.69. The van der Waals surface area contributed by atoms with Gasteiger partial charge in [-0.3, -0.25) is 9.59 Å². The molecule has 0 spiro atoms. The van der Waals surface area contributed by atoms with Crippen LogP contribution in [0.3, 0.4) is 0 Å². The molecule has 114 valence electrons. The van der Waals surface area contributed by atoms with Crippen LogP contribution in [-0.4, -0.2) is 24.9 Å². The fourth-order valence-electron chi connectivity index (χ4n) is 1.84. The Labute approximate surface area is 134 Å². The van der Waals surface area contributed by atoms with Gasteiger partial charge in [-0.25, -0.2) is 0 Å². The zero-order chi connectivity index (χ0) is 16.0. The summed E-state index contributed by atoms with van der Waals surface area (Å²) in [7, 11) is 1.61. The van der Waals surface area contributed by atoms with Crippen LogP contribution in [0.4, 0.5) is 0 Å². The van der Waals surface area contributed by atoms with Crippen molar-refractivity contribution in [3.63, 3.8) is 0 Å². The van der Waals surface area contributed by atoms with Crippen LogP contribution in [0.2, 0.25) is 0 Å². The SMILES string of the molecule is CNC(=O)[C@H](C)/C=C(\C)[C@H](C)NC(=O)c1ccc(Br)cc1. The van der Waals surface area contributed by atoms with Crippen molar-refractivity contribution in [3.8, 4) is 0 Å². The molecule has 0 saturated carbocycles. The van der Waals surface area contributed by atoms with Gasteiger partial charge in [-0.2, -0.15) is 0 Å². The fourth-order valence-corrected chi connectivity index (χ4v) is 2.10. The highest BCUT2D eigenvalue weighted by atomic mass is 79.9. The van der Waals surface area contributed by atoms with Crippen molar-refractivity contribution in [1.29, 1.82) is 0 Å². The van der Waals surface area contributed by atoms with Crippen molar-refractivity contribution < 1.29 is 9.59 Å². The summed E-state index contributed by atoms with van der Waals surface area (Å²) >= 11 is 3.34. The Bertz CT molecular complexity index is 538. The second-order valence-electron chi connectivity index (χ2n) is 5.02. The lowest BCUT2D eigenvalue weighted by atomic mass is 10.0. The van der Waals surface area contributed by atoms with Crippen LogP contribution in [-0.2, 0) is 4.79 Å². The molecule has 2 atom stereocenters. The summed E-state index contributed by atoms with van der Waals surface area (Å²) in [6, 6.07) is 7.05. The Kier molecular flexibility index (Phi) is 6.62. The smallest absolute Gasteiger partial charge is 0.251 e. The van der Waals surface area contributed by atoms with Crippen molar-refractivity contribution in [1.82, 2.24) is 10.6 Å². The van der Waals surface area contributed by atoms with Crippen LogP contribution in [0.25, 0.3) is 0 Å². The van der Waals surface area contributed by atoms with Crippen molar-refractivity contribution in [3.05, 3.63) is 46.0 Å². The van der Waals surface area contributed by atoms with Gasteiger partial charge in [0.25, 0.3) is 5.91 Å². The van der Waals surface area contributed by atoms with E-state index in [9.17, 15) is 9.59 Å². The summed E-state index contributed by atoms with van der Waals surface area (Å²) < 4.78 is 0.933. The number of rotatable bonds is 5. The predicted molar refractivity (Wildman–Crippen MR) is 88.1 cm³/mol. The maximum Gasteiger partial charge on any atom is 0.251 e. The molecule has 0 aliphatic heterocycles. The molecule has 0 heterocycles. The summed E-state index contributed by atoms with van der Waals surface area (Å²) in [5.74, 6) is -0.391. The van der Waals surface area contributed by atoms with E-state index in [1.165, 1.54) is 0 Å². The third kappa shape index (κ3) is 5.34. The van der Waals surface area contributed by atoms with Crippen molar-refractivity contribution in [2.45, 2.75) is 26.8 Å². The van der Waals surface area contributed by atoms with Gasteiger partial charge in [0.15, 0.2) is 0 Å². The molecule has 21 heavy (non-hydrogen) atoms. The lowest BCUT2D eigenvalue weighted by Gasteiger charge is -2.16. The first-order chi connectivity index (χ1) is 9.85. The van der Waals surface area contributed by atoms with Crippen LogP contribution < -0.4 is 10.6 Å². The van der Waals surface area contributed by atoms with Gasteiger partial charge in [-0.1, -0.05) is 34.5 Å². The van der Waals surface area contributed by atoms with E-state index in [4.69, 9.17) is 0 Å². The van der Waals surface area contributed by atoms with Gasteiger partial charge < -0.3 is 10.6 Å². The number of benzene rings is 1. The number of hydrogen-bond donors (Lipinski definition) is 2. The summed E-state index contributed by atoms with van der Waals surface area (Å²) in [5, 5.41) is 5.53. The maximum atomic E-state index is 12.1. The molecule has 4 nitrogen and oxygen atoms in total. The Morgan fingerprint density at radius 3 is 2.29 bits per heavy atom. The first-order valence-corrected chi connectivity index (χ1v) is 7.60. The Hall–Kier alpha value is -1.62. The second kappa shape index (κ2) is 7.98. The van der Waals surface area contributed by atoms with E-state index in [0.717, 1.165) is 10.0 Å². The van der Waals surface area contributed by atoms with Crippen LogP contribution >= 0.6 is 15.9 Å². The normalized spacial score (nSPS) is 14.2. The zero-order valence-electron chi connectivity index (χ0n) is 12.7. The molecule has 0 aliphatic rings.